The third-order valence-corrected chi connectivity index (χ3v) is 3.81. The molecule has 0 bridgehead atoms. The van der Waals surface area contributed by atoms with E-state index >= 15 is 0 Å². The monoisotopic (exact) mass is 287 g/mol. The topological polar surface area (TPSA) is 29.5 Å². The molecular weight excluding hydrogens is 262 g/mol. The first-order valence-corrected chi connectivity index (χ1v) is 7.80. The highest BCUT2D eigenvalue weighted by molar-refractivity contribution is 5.72. The summed E-state index contributed by atoms with van der Waals surface area (Å²) in [7, 11) is 0. The molecule has 3 heteroatoms. The number of likely N-dealkylation sites (tertiary alicyclic amines) is 1. The van der Waals surface area contributed by atoms with E-state index in [1.165, 1.54) is 11.1 Å². The fraction of sp³-hybridized carbons (Fsp3) is 0.500. The number of esters is 1. The molecular formula is C18H25NO2. The van der Waals surface area contributed by atoms with Gasteiger partial charge in [-0.3, -0.25) is 9.69 Å². The van der Waals surface area contributed by atoms with Crippen molar-refractivity contribution >= 4 is 12.0 Å². The second kappa shape index (κ2) is 7.99. The zero-order valence-electron chi connectivity index (χ0n) is 13.0. The van der Waals surface area contributed by atoms with Gasteiger partial charge in [-0.05, 0) is 38.8 Å². The van der Waals surface area contributed by atoms with Gasteiger partial charge >= 0.3 is 5.97 Å². The summed E-state index contributed by atoms with van der Waals surface area (Å²) in [5, 5.41) is 0. The van der Waals surface area contributed by atoms with Crippen molar-refractivity contribution in [2.24, 2.45) is 5.92 Å². The minimum atomic E-state index is -0.0353. The Morgan fingerprint density at radius 1 is 1.38 bits per heavy atom. The van der Waals surface area contributed by atoms with Crippen LogP contribution >= 0.6 is 0 Å². The molecule has 0 aliphatic carbocycles. The number of benzene rings is 1. The van der Waals surface area contributed by atoms with Gasteiger partial charge in [-0.2, -0.15) is 0 Å². The van der Waals surface area contributed by atoms with E-state index in [0.717, 1.165) is 32.5 Å². The maximum atomic E-state index is 11.9. The van der Waals surface area contributed by atoms with Gasteiger partial charge in [0.05, 0.1) is 12.5 Å². The molecule has 1 aliphatic heterocycles. The molecule has 1 atom stereocenters. The van der Waals surface area contributed by atoms with E-state index in [4.69, 9.17) is 4.74 Å². The second-order valence-electron chi connectivity index (χ2n) is 5.73. The molecule has 0 saturated carbocycles. The normalized spacial score (nSPS) is 20.3. The van der Waals surface area contributed by atoms with Gasteiger partial charge in [-0.15, -0.1) is 0 Å². The predicted octanol–water partition coefficient (Wildman–Crippen LogP) is 3.37. The van der Waals surface area contributed by atoms with Crippen molar-refractivity contribution in [2.45, 2.75) is 26.7 Å². The number of hydrogen-bond donors (Lipinski definition) is 0. The molecule has 1 fully saturated rings. The molecule has 3 nitrogen and oxygen atoms in total. The summed E-state index contributed by atoms with van der Waals surface area (Å²) in [5.41, 5.74) is 2.56. The van der Waals surface area contributed by atoms with Crippen molar-refractivity contribution in [1.29, 1.82) is 0 Å². The molecule has 1 unspecified atom stereocenters. The number of hydrogen-bond acceptors (Lipinski definition) is 3. The third-order valence-electron chi connectivity index (χ3n) is 3.81. The minimum absolute atomic E-state index is 0.0353. The molecule has 114 valence electrons. The summed E-state index contributed by atoms with van der Waals surface area (Å²) in [5.74, 6) is 0.00937. The first-order valence-electron chi connectivity index (χ1n) is 7.80. The van der Waals surface area contributed by atoms with Crippen molar-refractivity contribution in [1.82, 2.24) is 4.90 Å². The minimum Gasteiger partial charge on any atom is -0.466 e. The van der Waals surface area contributed by atoms with E-state index < -0.39 is 0 Å². The predicted molar refractivity (Wildman–Crippen MR) is 85.9 cm³/mol. The van der Waals surface area contributed by atoms with Crippen molar-refractivity contribution in [3.63, 3.8) is 0 Å². The number of carbonyl (C=O) groups is 1. The molecule has 1 heterocycles. The first-order chi connectivity index (χ1) is 10.2. The standard InChI is InChI=1S/C18H25NO2/c1-3-21-18(20)17-10-7-11-19(14-17)13-15(2)12-16-8-5-4-6-9-16/h4-6,8-9,12,17H,3,7,10-11,13-14H2,1-2H3/b15-12+. The lowest BCUT2D eigenvalue weighted by molar-refractivity contribution is -0.149. The van der Waals surface area contributed by atoms with Gasteiger partial charge in [0.1, 0.15) is 0 Å². The van der Waals surface area contributed by atoms with Gasteiger partial charge in [0.2, 0.25) is 0 Å². The Balaban J connectivity index is 1.90. The van der Waals surface area contributed by atoms with E-state index in [1.807, 2.05) is 13.0 Å². The van der Waals surface area contributed by atoms with Crippen LogP contribution in [0.2, 0.25) is 0 Å². The number of piperidine rings is 1. The molecule has 2 rings (SSSR count). The van der Waals surface area contributed by atoms with Crippen molar-refractivity contribution in [3.05, 3.63) is 41.5 Å². The lowest BCUT2D eigenvalue weighted by Crippen LogP contribution is -2.40. The Labute approximate surface area is 127 Å². The maximum absolute atomic E-state index is 11.9. The molecule has 1 saturated heterocycles. The smallest absolute Gasteiger partial charge is 0.310 e. The van der Waals surface area contributed by atoms with Crippen molar-refractivity contribution in [2.75, 3.05) is 26.2 Å². The van der Waals surface area contributed by atoms with E-state index in [0.29, 0.717) is 6.61 Å². The summed E-state index contributed by atoms with van der Waals surface area (Å²) in [4.78, 5) is 14.2. The van der Waals surface area contributed by atoms with Gasteiger partial charge in [0.25, 0.3) is 0 Å². The van der Waals surface area contributed by atoms with Crippen LogP contribution in [0.15, 0.2) is 35.9 Å². The molecule has 0 aromatic heterocycles. The number of ether oxygens (including phenoxy) is 1. The molecule has 1 aromatic carbocycles. The molecule has 0 N–H and O–H groups in total. The molecule has 1 aliphatic rings. The Kier molecular flexibility index (Phi) is 6.00. The molecule has 0 radical (unpaired) electrons. The highest BCUT2D eigenvalue weighted by Gasteiger charge is 2.26. The van der Waals surface area contributed by atoms with Crippen LogP contribution in [0.1, 0.15) is 32.3 Å². The number of rotatable bonds is 5. The van der Waals surface area contributed by atoms with Gasteiger partial charge < -0.3 is 4.74 Å². The zero-order valence-corrected chi connectivity index (χ0v) is 13.0. The molecule has 21 heavy (non-hydrogen) atoms. The van der Waals surface area contributed by atoms with Crippen LogP contribution in [0.4, 0.5) is 0 Å². The van der Waals surface area contributed by atoms with Gasteiger partial charge in [0.15, 0.2) is 0 Å². The highest BCUT2D eigenvalue weighted by atomic mass is 16.5. The zero-order chi connectivity index (χ0) is 15.1. The maximum Gasteiger partial charge on any atom is 0.310 e. The van der Waals surface area contributed by atoms with Crippen LogP contribution in [0.5, 0.6) is 0 Å². The fourth-order valence-corrected chi connectivity index (χ4v) is 2.88. The molecule has 1 aromatic rings. The first kappa shape index (κ1) is 15.8. The van der Waals surface area contributed by atoms with E-state index in [1.54, 1.807) is 0 Å². The summed E-state index contributed by atoms with van der Waals surface area (Å²) < 4.78 is 5.15. The van der Waals surface area contributed by atoms with E-state index in [2.05, 4.69) is 42.2 Å². The average molecular weight is 287 g/mol. The summed E-state index contributed by atoms with van der Waals surface area (Å²) in [6.45, 7) is 7.30. The lowest BCUT2D eigenvalue weighted by atomic mass is 9.97. The van der Waals surface area contributed by atoms with Gasteiger partial charge in [0, 0.05) is 13.1 Å². The quantitative estimate of drug-likeness (QED) is 0.778. The van der Waals surface area contributed by atoms with Crippen LogP contribution in [-0.4, -0.2) is 37.1 Å². The van der Waals surface area contributed by atoms with Crippen LogP contribution in [-0.2, 0) is 9.53 Å². The lowest BCUT2D eigenvalue weighted by Gasteiger charge is -2.31. The second-order valence-corrected chi connectivity index (χ2v) is 5.73. The third kappa shape index (κ3) is 5.01. The van der Waals surface area contributed by atoms with Crippen LogP contribution < -0.4 is 0 Å². The molecule has 0 spiro atoms. The highest BCUT2D eigenvalue weighted by Crippen LogP contribution is 2.19. The van der Waals surface area contributed by atoms with Gasteiger partial charge in [-0.25, -0.2) is 0 Å². The Morgan fingerprint density at radius 2 is 2.14 bits per heavy atom. The number of nitrogens with zero attached hydrogens (tertiary/aromatic N) is 1. The average Bonchev–Trinajstić information content (AvgIpc) is 2.48. The van der Waals surface area contributed by atoms with E-state index in [-0.39, 0.29) is 11.9 Å². The summed E-state index contributed by atoms with van der Waals surface area (Å²) in [6, 6.07) is 10.4. The Morgan fingerprint density at radius 3 is 2.86 bits per heavy atom. The van der Waals surface area contributed by atoms with Crippen LogP contribution in [0.3, 0.4) is 0 Å². The fourth-order valence-electron chi connectivity index (χ4n) is 2.88. The SMILES string of the molecule is CCOC(=O)C1CCCN(C/C(C)=C/c2ccccc2)C1. The van der Waals surface area contributed by atoms with Gasteiger partial charge in [-0.1, -0.05) is 42.0 Å². The largest absolute Gasteiger partial charge is 0.466 e. The number of carbonyl (C=O) groups excluding carboxylic acids is 1. The molecule has 0 amide bonds. The van der Waals surface area contributed by atoms with Crippen molar-refractivity contribution < 1.29 is 9.53 Å². The summed E-state index contributed by atoms with van der Waals surface area (Å²) >= 11 is 0. The Hall–Kier alpha value is -1.61. The Bertz CT molecular complexity index is 481. The van der Waals surface area contributed by atoms with Crippen molar-refractivity contribution in [3.8, 4) is 0 Å². The van der Waals surface area contributed by atoms with E-state index in [9.17, 15) is 4.79 Å². The van der Waals surface area contributed by atoms with Crippen LogP contribution in [0.25, 0.3) is 6.08 Å². The van der Waals surface area contributed by atoms with Crippen LogP contribution in [0, 0.1) is 5.92 Å². The summed E-state index contributed by atoms with van der Waals surface area (Å²) in [6.07, 6.45) is 4.24.